The van der Waals surface area contributed by atoms with E-state index in [0.717, 1.165) is 30.4 Å². The van der Waals surface area contributed by atoms with E-state index in [0.29, 0.717) is 12.5 Å². The molecule has 0 aliphatic carbocycles. The first-order valence-corrected chi connectivity index (χ1v) is 7.47. The molecule has 3 heteroatoms. The molecule has 19 heavy (non-hydrogen) atoms. The molecule has 1 N–H and O–H groups in total. The maximum absolute atomic E-state index is 12.1. The second-order valence-electron chi connectivity index (χ2n) is 5.35. The van der Waals surface area contributed by atoms with E-state index in [-0.39, 0.29) is 11.4 Å². The fourth-order valence-electron chi connectivity index (χ4n) is 2.58. The van der Waals surface area contributed by atoms with Crippen molar-refractivity contribution in [2.45, 2.75) is 66.3 Å². The van der Waals surface area contributed by atoms with Crippen molar-refractivity contribution in [1.29, 1.82) is 0 Å². The van der Waals surface area contributed by atoms with Crippen LogP contribution in [0.25, 0.3) is 0 Å². The molecule has 0 amide bonds. The SMILES string of the molecule is CCCCC(CC)Cn1c(O)c(CC)c(C)cc1=O. The highest BCUT2D eigenvalue weighted by Crippen LogP contribution is 2.22. The van der Waals surface area contributed by atoms with Crippen LogP contribution >= 0.6 is 0 Å². The summed E-state index contributed by atoms with van der Waals surface area (Å²) in [7, 11) is 0. The predicted octanol–water partition coefficient (Wildman–Crippen LogP) is 3.64. The van der Waals surface area contributed by atoms with Crippen LogP contribution in [0, 0.1) is 12.8 Å². The summed E-state index contributed by atoms with van der Waals surface area (Å²) in [6.45, 7) is 8.85. The lowest BCUT2D eigenvalue weighted by Crippen LogP contribution is -2.25. The highest BCUT2D eigenvalue weighted by molar-refractivity contribution is 5.33. The molecule has 3 nitrogen and oxygen atoms in total. The summed E-state index contributed by atoms with van der Waals surface area (Å²) in [6.07, 6.45) is 5.27. The van der Waals surface area contributed by atoms with Crippen LogP contribution in [0.5, 0.6) is 5.88 Å². The highest BCUT2D eigenvalue weighted by Gasteiger charge is 2.14. The van der Waals surface area contributed by atoms with Crippen molar-refractivity contribution in [1.82, 2.24) is 4.57 Å². The molecule has 0 spiro atoms. The third-order valence-corrected chi connectivity index (χ3v) is 3.95. The van der Waals surface area contributed by atoms with E-state index in [1.165, 1.54) is 12.8 Å². The van der Waals surface area contributed by atoms with Crippen molar-refractivity contribution in [2.75, 3.05) is 0 Å². The number of hydrogen-bond acceptors (Lipinski definition) is 2. The fraction of sp³-hybridized carbons (Fsp3) is 0.688. The zero-order valence-electron chi connectivity index (χ0n) is 12.7. The number of rotatable bonds is 7. The molecule has 0 aromatic carbocycles. The minimum atomic E-state index is -0.0813. The standard InChI is InChI=1S/C16H27NO2/c1-5-8-9-13(6-2)11-17-15(18)10-12(4)14(7-3)16(17)19/h10,13,19H,5-9,11H2,1-4H3. The predicted molar refractivity (Wildman–Crippen MR) is 79.8 cm³/mol. The van der Waals surface area contributed by atoms with Gasteiger partial charge in [-0.1, -0.05) is 40.0 Å². The lowest BCUT2D eigenvalue weighted by atomic mass is 9.99. The van der Waals surface area contributed by atoms with Gasteiger partial charge in [0.15, 0.2) is 5.88 Å². The van der Waals surface area contributed by atoms with Gasteiger partial charge >= 0.3 is 0 Å². The molecule has 1 unspecified atom stereocenters. The minimum Gasteiger partial charge on any atom is -0.494 e. The van der Waals surface area contributed by atoms with Crippen LogP contribution in [-0.2, 0) is 13.0 Å². The molecule has 1 aromatic heterocycles. The summed E-state index contributed by atoms with van der Waals surface area (Å²) in [4.78, 5) is 12.1. The minimum absolute atomic E-state index is 0.0813. The molecule has 108 valence electrons. The molecule has 1 heterocycles. The number of aromatic hydroxyl groups is 1. The van der Waals surface area contributed by atoms with Crippen LogP contribution in [-0.4, -0.2) is 9.67 Å². The first-order chi connectivity index (χ1) is 9.04. The zero-order chi connectivity index (χ0) is 14.4. The van der Waals surface area contributed by atoms with Gasteiger partial charge in [0, 0.05) is 18.2 Å². The Morgan fingerprint density at radius 2 is 2.00 bits per heavy atom. The van der Waals surface area contributed by atoms with E-state index >= 15 is 0 Å². The average Bonchev–Trinajstić information content (AvgIpc) is 2.38. The number of pyridine rings is 1. The molecular formula is C16H27NO2. The Labute approximate surface area is 116 Å². The molecule has 0 aliphatic heterocycles. The monoisotopic (exact) mass is 265 g/mol. The molecule has 1 atom stereocenters. The number of hydrogen-bond donors (Lipinski definition) is 1. The van der Waals surface area contributed by atoms with Gasteiger partial charge in [-0.2, -0.15) is 0 Å². The molecular weight excluding hydrogens is 238 g/mol. The van der Waals surface area contributed by atoms with E-state index < -0.39 is 0 Å². The van der Waals surface area contributed by atoms with Crippen molar-refractivity contribution in [3.05, 3.63) is 27.5 Å². The van der Waals surface area contributed by atoms with Gasteiger partial charge in [0.25, 0.3) is 5.56 Å². The van der Waals surface area contributed by atoms with Crippen LogP contribution in [0.4, 0.5) is 0 Å². The topological polar surface area (TPSA) is 42.2 Å². The second-order valence-corrected chi connectivity index (χ2v) is 5.35. The maximum Gasteiger partial charge on any atom is 0.253 e. The third kappa shape index (κ3) is 3.85. The van der Waals surface area contributed by atoms with Crippen LogP contribution < -0.4 is 5.56 Å². The van der Waals surface area contributed by atoms with E-state index in [1.54, 1.807) is 10.6 Å². The van der Waals surface area contributed by atoms with Gasteiger partial charge in [0.1, 0.15) is 0 Å². The number of aryl methyl sites for hydroxylation is 1. The van der Waals surface area contributed by atoms with E-state index in [1.807, 2.05) is 13.8 Å². The Kier molecular flexibility index (Phi) is 6.13. The van der Waals surface area contributed by atoms with Gasteiger partial charge in [-0.15, -0.1) is 0 Å². The van der Waals surface area contributed by atoms with Gasteiger partial charge < -0.3 is 5.11 Å². The Bertz CT molecular complexity index is 463. The van der Waals surface area contributed by atoms with Crippen LogP contribution in [0.2, 0.25) is 0 Å². The summed E-state index contributed by atoms with van der Waals surface area (Å²) in [5.74, 6) is 0.637. The Morgan fingerprint density at radius 3 is 2.53 bits per heavy atom. The summed E-state index contributed by atoms with van der Waals surface area (Å²) in [5, 5.41) is 10.3. The van der Waals surface area contributed by atoms with Crippen molar-refractivity contribution in [2.24, 2.45) is 5.92 Å². The summed E-state index contributed by atoms with van der Waals surface area (Å²) in [6, 6.07) is 1.64. The fourth-order valence-corrected chi connectivity index (χ4v) is 2.58. The van der Waals surface area contributed by atoms with Crippen molar-refractivity contribution in [3.63, 3.8) is 0 Å². The highest BCUT2D eigenvalue weighted by atomic mass is 16.3. The average molecular weight is 265 g/mol. The number of nitrogens with zero attached hydrogens (tertiary/aromatic N) is 1. The van der Waals surface area contributed by atoms with Crippen molar-refractivity contribution in [3.8, 4) is 5.88 Å². The van der Waals surface area contributed by atoms with E-state index in [9.17, 15) is 9.90 Å². The van der Waals surface area contributed by atoms with Gasteiger partial charge in [-0.25, -0.2) is 0 Å². The molecule has 0 saturated carbocycles. The number of aromatic nitrogens is 1. The maximum atomic E-state index is 12.1. The third-order valence-electron chi connectivity index (χ3n) is 3.95. The van der Waals surface area contributed by atoms with Crippen molar-refractivity contribution < 1.29 is 5.11 Å². The summed E-state index contributed by atoms with van der Waals surface area (Å²) >= 11 is 0. The lowest BCUT2D eigenvalue weighted by Gasteiger charge is -2.19. The van der Waals surface area contributed by atoms with Crippen LogP contribution in [0.3, 0.4) is 0 Å². The molecule has 1 rings (SSSR count). The number of unbranched alkanes of at least 4 members (excludes halogenated alkanes) is 1. The van der Waals surface area contributed by atoms with Crippen molar-refractivity contribution >= 4 is 0 Å². The van der Waals surface area contributed by atoms with Crippen LogP contribution in [0.1, 0.15) is 57.6 Å². The Hall–Kier alpha value is -1.25. The smallest absolute Gasteiger partial charge is 0.253 e. The van der Waals surface area contributed by atoms with Gasteiger partial charge in [0.05, 0.1) is 0 Å². The summed E-state index contributed by atoms with van der Waals surface area (Å²) in [5.41, 5.74) is 1.70. The largest absolute Gasteiger partial charge is 0.494 e. The second kappa shape index (κ2) is 7.37. The molecule has 0 fully saturated rings. The molecule has 0 radical (unpaired) electrons. The first kappa shape index (κ1) is 15.8. The Balaban J connectivity index is 3.03. The van der Waals surface area contributed by atoms with E-state index in [4.69, 9.17) is 0 Å². The first-order valence-electron chi connectivity index (χ1n) is 7.47. The zero-order valence-corrected chi connectivity index (χ0v) is 12.7. The molecule has 0 saturated heterocycles. The van der Waals surface area contributed by atoms with Gasteiger partial charge in [-0.3, -0.25) is 9.36 Å². The molecule has 0 aliphatic rings. The summed E-state index contributed by atoms with van der Waals surface area (Å²) < 4.78 is 1.55. The quantitative estimate of drug-likeness (QED) is 0.817. The van der Waals surface area contributed by atoms with Gasteiger partial charge in [0.2, 0.25) is 0 Å². The van der Waals surface area contributed by atoms with Crippen LogP contribution in [0.15, 0.2) is 10.9 Å². The molecule has 1 aromatic rings. The Morgan fingerprint density at radius 1 is 1.32 bits per heavy atom. The lowest BCUT2D eigenvalue weighted by molar-refractivity contribution is 0.336. The van der Waals surface area contributed by atoms with E-state index in [2.05, 4.69) is 13.8 Å². The normalized spacial score (nSPS) is 12.6. The molecule has 0 bridgehead atoms. The van der Waals surface area contributed by atoms with Gasteiger partial charge in [-0.05, 0) is 31.2 Å².